The second-order valence-corrected chi connectivity index (χ2v) is 4.94. The van der Waals surface area contributed by atoms with E-state index in [1.54, 1.807) is 30.3 Å². The normalized spacial score (nSPS) is 12.2. The van der Waals surface area contributed by atoms with E-state index in [4.69, 9.17) is 33.8 Å². The molecule has 7 heteroatoms. The fourth-order valence-electron chi connectivity index (χ4n) is 1.81. The lowest BCUT2D eigenvalue weighted by Gasteiger charge is -2.16. The molecule has 1 aromatic carbocycles. The van der Waals surface area contributed by atoms with Gasteiger partial charge in [0.15, 0.2) is 0 Å². The summed E-state index contributed by atoms with van der Waals surface area (Å²) in [6.45, 7) is 0. The molecule has 0 amide bonds. The zero-order valence-electron chi connectivity index (χ0n) is 10.8. The van der Waals surface area contributed by atoms with Gasteiger partial charge in [-0.05, 0) is 30.2 Å². The molecule has 2 rings (SSSR count). The van der Waals surface area contributed by atoms with E-state index in [1.165, 1.54) is 7.11 Å². The van der Waals surface area contributed by atoms with Crippen LogP contribution >= 0.6 is 23.2 Å². The molecule has 0 spiro atoms. The minimum Gasteiger partial charge on any atom is -0.480 e. The number of hydrogen-bond donors (Lipinski definition) is 2. The Hall–Kier alpha value is -1.40. The van der Waals surface area contributed by atoms with Crippen LogP contribution in [0.25, 0.3) is 0 Å². The first-order valence-corrected chi connectivity index (χ1v) is 6.68. The number of nitrogens with one attached hydrogen (secondary N) is 1. The van der Waals surface area contributed by atoms with Crippen molar-refractivity contribution in [3.05, 3.63) is 51.6 Å². The summed E-state index contributed by atoms with van der Waals surface area (Å²) in [6, 6.07) is 8.64. The van der Waals surface area contributed by atoms with E-state index in [2.05, 4.69) is 15.6 Å². The van der Waals surface area contributed by atoms with Crippen LogP contribution in [0.3, 0.4) is 0 Å². The predicted molar refractivity (Wildman–Crippen MR) is 78.8 cm³/mol. The first-order chi connectivity index (χ1) is 9.65. The Morgan fingerprint density at radius 2 is 1.90 bits per heavy atom. The maximum atomic E-state index is 6.16. The molecular formula is C13H14Cl2N4O. The number of rotatable bonds is 5. The standard InChI is InChI=1S/C13H14Cl2N4O/c1-20-13-6-5-11(18-19-13)12(17-16)7-8-9(14)3-2-4-10(8)15/h2-6,12,17H,7,16H2,1H3. The van der Waals surface area contributed by atoms with Gasteiger partial charge >= 0.3 is 0 Å². The van der Waals surface area contributed by atoms with Gasteiger partial charge in [0, 0.05) is 16.1 Å². The molecule has 0 aliphatic heterocycles. The topological polar surface area (TPSA) is 73.1 Å². The van der Waals surface area contributed by atoms with Gasteiger partial charge in [-0.15, -0.1) is 5.10 Å². The summed E-state index contributed by atoms with van der Waals surface area (Å²) in [7, 11) is 1.53. The number of nitrogens with zero attached hydrogens (tertiary/aromatic N) is 2. The van der Waals surface area contributed by atoms with Crippen molar-refractivity contribution < 1.29 is 4.74 Å². The minimum atomic E-state index is -0.245. The van der Waals surface area contributed by atoms with Crippen LogP contribution < -0.4 is 16.0 Å². The first-order valence-electron chi connectivity index (χ1n) is 5.92. The lowest BCUT2D eigenvalue weighted by Crippen LogP contribution is -2.30. The molecule has 1 heterocycles. The molecular weight excluding hydrogens is 299 g/mol. The molecule has 1 atom stereocenters. The van der Waals surface area contributed by atoms with Gasteiger partial charge < -0.3 is 4.74 Å². The second kappa shape index (κ2) is 6.85. The number of hydrogen-bond acceptors (Lipinski definition) is 5. The smallest absolute Gasteiger partial charge is 0.233 e. The Morgan fingerprint density at radius 1 is 1.20 bits per heavy atom. The van der Waals surface area contributed by atoms with Crippen molar-refractivity contribution in [1.29, 1.82) is 0 Å². The van der Waals surface area contributed by atoms with Crippen LogP contribution in [0.5, 0.6) is 5.88 Å². The van der Waals surface area contributed by atoms with Crippen molar-refractivity contribution in [3.8, 4) is 5.88 Å². The molecule has 5 nitrogen and oxygen atoms in total. The van der Waals surface area contributed by atoms with Crippen LogP contribution in [-0.4, -0.2) is 17.3 Å². The van der Waals surface area contributed by atoms with Gasteiger partial charge in [-0.1, -0.05) is 29.3 Å². The van der Waals surface area contributed by atoms with Crippen molar-refractivity contribution in [2.45, 2.75) is 12.5 Å². The molecule has 0 aliphatic rings. The van der Waals surface area contributed by atoms with E-state index < -0.39 is 0 Å². The van der Waals surface area contributed by atoms with Crippen molar-refractivity contribution >= 4 is 23.2 Å². The molecule has 0 aliphatic carbocycles. The average molecular weight is 313 g/mol. The molecule has 0 fully saturated rings. The summed E-state index contributed by atoms with van der Waals surface area (Å²) in [5, 5.41) is 9.18. The number of nitrogens with two attached hydrogens (primary N) is 1. The van der Waals surface area contributed by atoms with E-state index >= 15 is 0 Å². The number of methoxy groups -OCH3 is 1. The minimum absolute atomic E-state index is 0.245. The van der Waals surface area contributed by atoms with E-state index in [1.807, 2.05) is 0 Å². The highest BCUT2D eigenvalue weighted by atomic mass is 35.5. The second-order valence-electron chi connectivity index (χ2n) is 4.12. The van der Waals surface area contributed by atoms with E-state index in [9.17, 15) is 0 Å². The Balaban J connectivity index is 2.24. The Labute approximate surface area is 127 Å². The molecule has 20 heavy (non-hydrogen) atoms. The highest BCUT2D eigenvalue weighted by Gasteiger charge is 2.16. The molecule has 1 aromatic heterocycles. The lowest BCUT2D eigenvalue weighted by molar-refractivity contribution is 0.389. The first kappa shape index (κ1) is 15.0. The van der Waals surface area contributed by atoms with Gasteiger partial charge in [0.25, 0.3) is 0 Å². The van der Waals surface area contributed by atoms with E-state index in [0.29, 0.717) is 28.0 Å². The fraction of sp³-hybridized carbons (Fsp3) is 0.231. The molecule has 0 saturated carbocycles. The van der Waals surface area contributed by atoms with Gasteiger partial charge in [-0.2, -0.15) is 5.10 Å². The van der Waals surface area contributed by atoms with Crippen molar-refractivity contribution in [2.24, 2.45) is 5.84 Å². The third-order valence-electron chi connectivity index (χ3n) is 2.90. The monoisotopic (exact) mass is 312 g/mol. The summed E-state index contributed by atoms with van der Waals surface area (Å²) < 4.78 is 4.97. The molecule has 3 N–H and O–H groups in total. The summed E-state index contributed by atoms with van der Waals surface area (Å²) >= 11 is 12.3. The zero-order chi connectivity index (χ0) is 14.5. The molecule has 0 bridgehead atoms. The lowest BCUT2D eigenvalue weighted by atomic mass is 10.0. The van der Waals surface area contributed by atoms with Crippen molar-refractivity contribution in [1.82, 2.24) is 15.6 Å². The molecule has 106 valence electrons. The Morgan fingerprint density at radius 3 is 2.40 bits per heavy atom. The van der Waals surface area contributed by atoms with Crippen LogP contribution in [0.15, 0.2) is 30.3 Å². The van der Waals surface area contributed by atoms with Gasteiger partial charge in [-0.3, -0.25) is 11.3 Å². The zero-order valence-corrected chi connectivity index (χ0v) is 12.3. The quantitative estimate of drug-likeness (QED) is 0.655. The molecule has 0 radical (unpaired) electrons. The summed E-state index contributed by atoms with van der Waals surface area (Å²) in [6.07, 6.45) is 0.510. The van der Waals surface area contributed by atoms with Gasteiger partial charge in [-0.25, -0.2) is 0 Å². The SMILES string of the molecule is COc1ccc(C(Cc2c(Cl)cccc2Cl)NN)nn1. The Bertz CT molecular complexity index is 557. The summed E-state index contributed by atoms with van der Waals surface area (Å²) in [4.78, 5) is 0. The average Bonchev–Trinajstić information content (AvgIpc) is 2.47. The summed E-state index contributed by atoms with van der Waals surface area (Å²) in [5.74, 6) is 6.03. The third kappa shape index (κ3) is 3.37. The number of hydrazine groups is 1. The van der Waals surface area contributed by atoms with Crippen LogP contribution in [0, 0.1) is 0 Å². The Kier molecular flexibility index (Phi) is 5.14. The number of aromatic nitrogens is 2. The largest absolute Gasteiger partial charge is 0.480 e. The highest BCUT2D eigenvalue weighted by Crippen LogP contribution is 2.28. The van der Waals surface area contributed by atoms with Gasteiger partial charge in [0.1, 0.15) is 0 Å². The third-order valence-corrected chi connectivity index (χ3v) is 3.61. The molecule has 0 saturated heterocycles. The molecule has 2 aromatic rings. The number of benzene rings is 1. The van der Waals surface area contributed by atoms with Crippen LogP contribution in [0.1, 0.15) is 17.3 Å². The number of ether oxygens (including phenoxy) is 1. The highest BCUT2D eigenvalue weighted by molar-refractivity contribution is 6.36. The van der Waals surface area contributed by atoms with Gasteiger partial charge in [0.05, 0.1) is 18.8 Å². The van der Waals surface area contributed by atoms with Crippen molar-refractivity contribution in [2.75, 3.05) is 7.11 Å². The summed E-state index contributed by atoms with van der Waals surface area (Å²) in [5.41, 5.74) is 4.20. The molecule has 1 unspecified atom stereocenters. The number of halogens is 2. The fourth-order valence-corrected chi connectivity index (χ4v) is 2.36. The van der Waals surface area contributed by atoms with Crippen LogP contribution in [-0.2, 0) is 6.42 Å². The van der Waals surface area contributed by atoms with E-state index in [0.717, 1.165) is 5.56 Å². The van der Waals surface area contributed by atoms with Crippen LogP contribution in [0.2, 0.25) is 10.0 Å². The maximum Gasteiger partial charge on any atom is 0.233 e. The maximum absolute atomic E-state index is 6.16. The van der Waals surface area contributed by atoms with E-state index in [-0.39, 0.29) is 6.04 Å². The van der Waals surface area contributed by atoms with Crippen LogP contribution in [0.4, 0.5) is 0 Å². The predicted octanol–water partition coefficient (Wildman–Crippen LogP) is 2.54. The van der Waals surface area contributed by atoms with Gasteiger partial charge in [0.2, 0.25) is 5.88 Å². The van der Waals surface area contributed by atoms with Crippen molar-refractivity contribution in [3.63, 3.8) is 0 Å².